The largest absolute Gasteiger partial charge is 0.465 e. The van der Waals surface area contributed by atoms with Crippen LogP contribution >= 0.6 is 0 Å². The summed E-state index contributed by atoms with van der Waals surface area (Å²) in [5.74, 6) is 0.722. The minimum Gasteiger partial charge on any atom is -0.465 e. The maximum atomic E-state index is 11.8. The predicted molar refractivity (Wildman–Crippen MR) is 79.7 cm³/mol. The van der Waals surface area contributed by atoms with Gasteiger partial charge in [-0.25, -0.2) is 4.79 Å². The van der Waals surface area contributed by atoms with Gasteiger partial charge in [0.05, 0.1) is 18.4 Å². The van der Waals surface area contributed by atoms with Gasteiger partial charge in [-0.05, 0) is 38.5 Å². The molecule has 0 bridgehead atoms. The van der Waals surface area contributed by atoms with Gasteiger partial charge in [0.1, 0.15) is 11.4 Å². The highest BCUT2D eigenvalue weighted by Crippen LogP contribution is 2.31. The van der Waals surface area contributed by atoms with E-state index in [1.165, 1.54) is 7.11 Å². The average Bonchev–Trinajstić information content (AvgIpc) is 2.68. The number of aryl methyl sites for hydroxylation is 3. The van der Waals surface area contributed by atoms with E-state index in [1.54, 1.807) is 16.8 Å². The lowest BCUT2D eigenvalue weighted by molar-refractivity contribution is 0.0601. The normalized spacial score (nSPS) is 10.5. The summed E-state index contributed by atoms with van der Waals surface area (Å²) >= 11 is 0. The molecule has 0 atom stereocenters. The number of carbonyl (C=O) groups excluding carboxylic acids is 1. The molecule has 1 aromatic carbocycles. The number of hydrogen-bond donors (Lipinski definition) is 1. The van der Waals surface area contributed by atoms with Gasteiger partial charge in [-0.1, -0.05) is 0 Å². The second-order valence-electron chi connectivity index (χ2n) is 4.92. The SMILES string of the molecule is COC(=O)c1cc(Oc2c(C)nn(C)c2C)cc(C)c1N. The van der Waals surface area contributed by atoms with Crippen LogP contribution in [0, 0.1) is 20.8 Å². The quantitative estimate of drug-likeness (QED) is 0.693. The molecule has 2 aromatic rings. The summed E-state index contributed by atoms with van der Waals surface area (Å²) in [5, 5.41) is 4.30. The van der Waals surface area contributed by atoms with E-state index in [-0.39, 0.29) is 0 Å². The van der Waals surface area contributed by atoms with Crippen molar-refractivity contribution in [3.63, 3.8) is 0 Å². The molecule has 1 aromatic heterocycles. The van der Waals surface area contributed by atoms with Crippen LogP contribution in [0.5, 0.6) is 11.5 Å². The van der Waals surface area contributed by atoms with Gasteiger partial charge in [0.15, 0.2) is 5.75 Å². The Bertz CT molecular complexity index is 705. The van der Waals surface area contributed by atoms with Crippen LogP contribution in [0.1, 0.15) is 27.3 Å². The topological polar surface area (TPSA) is 79.4 Å². The lowest BCUT2D eigenvalue weighted by atomic mass is 10.1. The van der Waals surface area contributed by atoms with Crippen molar-refractivity contribution in [3.05, 3.63) is 34.6 Å². The summed E-state index contributed by atoms with van der Waals surface area (Å²) in [5.41, 5.74) is 9.05. The monoisotopic (exact) mass is 289 g/mol. The summed E-state index contributed by atoms with van der Waals surface area (Å²) in [6.07, 6.45) is 0. The number of aromatic nitrogens is 2. The number of hydrogen-bond acceptors (Lipinski definition) is 5. The molecule has 0 amide bonds. The van der Waals surface area contributed by atoms with Gasteiger partial charge >= 0.3 is 5.97 Å². The number of nitrogens with zero attached hydrogens (tertiary/aromatic N) is 2. The van der Waals surface area contributed by atoms with Crippen molar-refractivity contribution in [2.45, 2.75) is 20.8 Å². The van der Waals surface area contributed by atoms with Gasteiger partial charge in [-0.2, -0.15) is 5.10 Å². The van der Waals surface area contributed by atoms with E-state index in [1.807, 2.05) is 27.8 Å². The molecule has 0 aliphatic heterocycles. The van der Waals surface area contributed by atoms with Gasteiger partial charge in [0.2, 0.25) is 0 Å². The van der Waals surface area contributed by atoms with E-state index in [0.717, 1.165) is 17.0 Å². The molecule has 0 fully saturated rings. The third-order valence-corrected chi connectivity index (χ3v) is 3.43. The van der Waals surface area contributed by atoms with Crippen LogP contribution in [-0.4, -0.2) is 22.9 Å². The number of nitrogen functional groups attached to an aromatic ring is 1. The van der Waals surface area contributed by atoms with E-state index in [9.17, 15) is 4.79 Å². The van der Waals surface area contributed by atoms with Gasteiger partial charge in [-0.15, -0.1) is 0 Å². The predicted octanol–water partition coefficient (Wildman–Crippen LogP) is 2.51. The summed E-state index contributed by atoms with van der Waals surface area (Å²) in [6.45, 7) is 5.60. The minimum absolute atomic E-state index is 0.298. The Labute approximate surface area is 123 Å². The summed E-state index contributed by atoms with van der Waals surface area (Å²) in [6, 6.07) is 3.37. The lowest BCUT2D eigenvalue weighted by Crippen LogP contribution is -2.07. The third kappa shape index (κ3) is 2.69. The molecule has 6 nitrogen and oxygen atoms in total. The standard InChI is InChI=1S/C15H19N3O3/c1-8-6-11(7-12(13(8)16)15(19)20-5)21-14-9(2)17-18(4)10(14)3/h6-7H,16H2,1-5H3. The van der Waals surface area contributed by atoms with Crippen molar-refractivity contribution in [1.82, 2.24) is 9.78 Å². The lowest BCUT2D eigenvalue weighted by Gasteiger charge is -2.11. The molecule has 2 N–H and O–H groups in total. The molecular weight excluding hydrogens is 270 g/mol. The molecule has 21 heavy (non-hydrogen) atoms. The highest BCUT2D eigenvalue weighted by Gasteiger charge is 2.17. The van der Waals surface area contributed by atoms with Crippen molar-refractivity contribution in [2.24, 2.45) is 7.05 Å². The van der Waals surface area contributed by atoms with Crippen LogP contribution in [0.15, 0.2) is 12.1 Å². The minimum atomic E-state index is -0.485. The number of nitrogens with two attached hydrogens (primary N) is 1. The van der Waals surface area contributed by atoms with Gasteiger partial charge in [-0.3, -0.25) is 4.68 Å². The van der Waals surface area contributed by atoms with Crippen LogP contribution in [-0.2, 0) is 11.8 Å². The van der Waals surface area contributed by atoms with E-state index in [2.05, 4.69) is 5.10 Å². The molecule has 112 valence electrons. The molecule has 0 radical (unpaired) electrons. The Balaban J connectivity index is 2.46. The van der Waals surface area contributed by atoms with Crippen molar-refractivity contribution in [1.29, 1.82) is 0 Å². The van der Waals surface area contributed by atoms with Crippen LogP contribution in [0.2, 0.25) is 0 Å². The first-order chi connectivity index (χ1) is 9.85. The molecule has 0 saturated carbocycles. The van der Waals surface area contributed by atoms with Crippen molar-refractivity contribution >= 4 is 11.7 Å². The van der Waals surface area contributed by atoms with E-state index in [4.69, 9.17) is 15.2 Å². The first-order valence-corrected chi connectivity index (χ1v) is 6.51. The highest BCUT2D eigenvalue weighted by molar-refractivity contribution is 5.96. The van der Waals surface area contributed by atoms with Crippen LogP contribution in [0.4, 0.5) is 5.69 Å². The Kier molecular flexibility index (Phi) is 3.88. The summed E-state index contributed by atoms with van der Waals surface area (Å²) < 4.78 is 12.4. The molecule has 0 spiro atoms. The second kappa shape index (κ2) is 5.47. The molecular formula is C15H19N3O3. The third-order valence-electron chi connectivity index (χ3n) is 3.43. The fourth-order valence-electron chi connectivity index (χ4n) is 2.12. The first-order valence-electron chi connectivity index (χ1n) is 6.51. The van der Waals surface area contributed by atoms with Crippen molar-refractivity contribution < 1.29 is 14.3 Å². The highest BCUT2D eigenvalue weighted by atomic mass is 16.5. The van der Waals surface area contributed by atoms with E-state index >= 15 is 0 Å². The maximum Gasteiger partial charge on any atom is 0.340 e. The van der Waals surface area contributed by atoms with Crippen molar-refractivity contribution in [3.8, 4) is 11.5 Å². The number of esters is 1. The zero-order valence-corrected chi connectivity index (χ0v) is 12.9. The Hall–Kier alpha value is -2.50. The van der Waals surface area contributed by atoms with E-state index in [0.29, 0.717) is 22.7 Å². The van der Waals surface area contributed by atoms with E-state index < -0.39 is 5.97 Å². The number of anilines is 1. The number of carbonyl (C=O) groups is 1. The van der Waals surface area contributed by atoms with Crippen LogP contribution in [0.25, 0.3) is 0 Å². The Morgan fingerprint density at radius 3 is 2.48 bits per heavy atom. The maximum absolute atomic E-state index is 11.8. The van der Waals surface area contributed by atoms with Gasteiger partial charge in [0.25, 0.3) is 0 Å². The molecule has 0 saturated heterocycles. The molecule has 6 heteroatoms. The van der Waals surface area contributed by atoms with Crippen molar-refractivity contribution in [2.75, 3.05) is 12.8 Å². The fraction of sp³-hybridized carbons (Fsp3) is 0.333. The molecule has 2 rings (SSSR count). The number of benzene rings is 1. The number of rotatable bonds is 3. The molecule has 0 unspecified atom stereocenters. The molecule has 1 heterocycles. The molecule has 0 aliphatic carbocycles. The zero-order valence-electron chi connectivity index (χ0n) is 12.9. The smallest absolute Gasteiger partial charge is 0.340 e. The van der Waals surface area contributed by atoms with Gasteiger partial charge in [0, 0.05) is 12.7 Å². The number of methoxy groups -OCH3 is 1. The Morgan fingerprint density at radius 2 is 1.95 bits per heavy atom. The summed E-state index contributed by atoms with van der Waals surface area (Å²) in [7, 11) is 3.17. The molecule has 0 aliphatic rings. The second-order valence-corrected chi connectivity index (χ2v) is 4.92. The zero-order chi connectivity index (χ0) is 15.7. The first kappa shape index (κ1) is 14.9. The average molecular weight is 289 g/mol. The Morgan fingerprint density at radius 1 is 1.29 bits per heavy atom. The fourth-order valence-corrected chi connectivity index (χ4v) is 2.12. The van der Waals surface area contributed by atoms with Gasteiger partial charge < -0.3 is 15.2 Å². The summed E-state index contributed by atoms with van der Waals surface area (Å²) in [4.78, 5) is 11.8. The van der Waals surface area contributed by atoms with Crippen LogP contribution in [0.3, 0.4) is 0 Å². The number of ether oxygens (including phenoxy) is 2. The van der Waals surface area contributed by atoms with Crippen LogP contribution < -0.4 is 10.5 Å².